The molecule has 7 heteroatoms. The van der Waals surface area contributed by atoms with Gasteiger partial charge >= 0.3 is 0 Å². The Morgan fingerprint density at radius 1 is 1.56 bits per heavy atom. The number of nitrogens with one attached hydrogen (secondary N) is 1. The minimum Gasteiger partial charge on any atom is -0.337 e. The monoisotopic (exact) mass is 328 g/mol. The van der Waals surface area contributed by atoms with E-state index in [-0.39, 0.29) is 18.3 Å². The van der Waals surface area contributed by atoms with Gasteiger partial charge in [-0.1, -0.05) is 23.2 Å². The van der Waals surface area contributed by atoms with Gasteiger partial charge in [-0.3, -0.25) is 4.79 Å². The molecule has 1 saturated heterocycles. The molecule has 1 atom stereocenters. The van der Waals surface area contributed by atoms with Crippen molar-refractivity contribution >= 4 is 52.9 Å². The first-order chi connectivity index (χ1) is 8.11. The number of thiophene rings is 1. The summed E-state index contributed by atoms with van der Waals surface area (Å²) in [5.74, 6) is -0.0156. The Balaban J connectivity index is 0.00000162. The highest BCUT2D eigenvalue weighted by Gasteiger charge is 2.25. The summed E-state index contributed by atoms with van der Waals surface area (Å²) in [5, 5.41) is 3.21. The molecule has 0 radical (unpaired) electrons. The van der Waals surface area contributed by atoms with Crippen molar-refractivity contribution in [2.75, 3.05) is 20.1 Å². The Bertz CT molecular complexity index is 424. The summed E-state index contributed by atoms with van der Waals surface area (Å²) in [4.78, 5) is 14.1. The molecule has 18 heavy (non-hydrogen) atoms. The van der Waals surface area contributed by atoms with Crippen molar-refractivity contribution in [1.82, 2.24) is 10.2 Å². The van der Waals surface area contributed by atoms with Crippen molar-refractivity contribution in [3.05, 3.63) is 20.3 Å². The van der Waals surface area contributed by atoms with E-state index in [1.54, 1.807) is 6.07 Å². The zero-order chi connectivity index (χ0) is 12.4. The lowest BCUT2D eigenvalue weighted by Gasteiger charge is -2.32. The molecule has 1 aliphatic rings. The second-order valence-corrected chi connectivity index (χ2v) is 6.40. The minimum atomic E-state index is -0.0156. The van der Waals surface area contributed by atoms with Crippen LogP contribution < -0.4 is 5.32 Å². The summed E-state index contributed by atoms with van der Waals surface area (Å²) in [6.07, 6.45) is 2.13. The fraction of sp³-hybridized carbons (Fsp3) is 0.545. The van der Waals surface area contributed by atoms with Gasteiger partial charge in [0, 0.05) is 19.1 Å². The van der Waals surface area contributed by atoms with Gasteiger partial charge in [0.15, 0.2) is 0 Å². The van der Waals surface area contributed by atoms with Gasteiger partial charge in [-0.15, -0.1) is 23.7 Å². The molecular weight excluding hydrogens is 315 g/mol. The molecule has 2 heterocycles. The fourth-order valence-electron chi connectivity index (χ4n) is 2.05. The maximum absolute atomic E-state index is 12.3. The largest absolute Gasteiger partial charge is 0.337 e. The van der Waals surface area contributed by atoms with Crippen molar-refractivity contribution in [3.63, 3.8) is 0 Å². The van der Waals surface area contributed by atoms with Gasteiger partial charge in [0.2, 0.25) is 0 Å². The second-order valence-electron chi connectivity index (χ2n) is 4.12. The van der Waals surface area contributed by atoms with Crippen molar-refractivity contribution in [1.29, 1.82) is 0 Å². The molecule has 0 bridgehead atoms. The standard InChI is InChI=1S/C11H14Cl2N2OS.ClH/c1-14-7-3-2-4-15(6-7)11(16)8-5-9(12)17-10(8)13;/h5,7,14H,2-4,6H2,1H3;1H. The third-order valence-corrected chi connectivity index (χ3v) is 4.49. The first-order valence-electron chi connectivity index (χ1n) is 5.53. The Kier molecular flexibility index (Phi) is 6.21. The molecule has 3 nitrogen and oxygen atoms in total. The molecule has 1 aromatic heterocycles. The van der Waals surface area contributed by atoms with Crippen LogP contribution in [-0.4, -0.2) is 37.0 Å². The van der Waals surface area contributed by atoms with Gasteiger partial charge < -0.3 is 10.2 Å². The molecule has 1 fully saturated rings. The number of likely N-dealkylation sites (tertiary alicyclic amines) is 1. The molecule has 0 aliphatic carbocycles. The Morgan fingerprint density at radius 2 is 2.28 bits per heavy atom. The average molecular weight is 330 g/mol. The molecule has 0 aromatic carbocycles. The number of rotatable bonds is 2. The SMILES string of the molecule is CNC1CCCN(C(=O)c2cc(Cl)sc2Cl)C1.Cl. The van der Waals surface area contributed by atoms with Crippen molar-refractivity contribution in [2.45, 2.75) is 18.9 Å². The molecular formula is C11H15Cl3N2OS. The van der Waals surface area contributed by atoms with Gasteiger partial charge in [-0.05, 0) is 26.0 Å². The fourth-order valence-corrected chi connectivity index (χ4v) is 3.50. The molecule has 0 spiro atoms. The van der Waals surface area contributed by atoms with Gasteiger partial charge in [-0.25, -0.2) is 0 Å². The van der Waals surface area contributed by atoms with Gasteiger partial charge in [0.1, 0.15) is 4.34 Å². The van der Waals surface area contributed by atoms with E-state index in [2.05, 4.69) is 5.32 Å². The van der Waals surface area contributed by atoms with Crippen LogP contribution in [0.3, 0.4) is 0 Å². The first-order valence-corrected chi connectivity index (χ1v) is 7.10. The van der Waals surface area contributed by atoms with E-state index in [9.17, 15) is 4.79 Å². The molecule has 102 valence electrons. The Morgan fingerprint density at radius 3 is 2.83 bits per heavy atom. The van der Waals surface area contributed by atoms with Gasteiger partial charge in [0.05, 0.1) is 9.90 Å². The van der Waals surface area contributed by atoms with Gasteiger partial charge in [0.25, 0.3) is 5.91 Å². The van der Waals surface area contributed by atoms with Crippen LogP contribution in [0.1, 0.15) is 23.2 Å². The van der Waals surface area contributed by atoms with E-state index in [0.717, 1.165) is 25.9 Å². The summed E-state index contributed by atoms with van der Waals surface area (Å²) < 4.78 is 1.03. The highest BCUT2D eigenvalue weighted by atomic mass is 35.5. The summed E-state index contributed by atoms with van der Waals surface area (Å²) in [5.41, 5.74) is 0.526. The number of hydrogen-bond donors (Lipinski definition) is 1. The predicted molar refractivity (Wildman–Crippen MR) is 79.6 cm³/mol. The molecule has 2 rings (SSSR count). The van der Waals surface area contributed by atoms with Crippen molar-refractivity contribution in [3.8, 4) is 0 Å². The highest BCUT2D eigenvalue weighted by molar-refractivity contribution is 7.20. The first kappa shape index (κ1) is 16.1. The average Bonchev–Trinajstić information content (AvgIpc) is 2.67. The van der Waals surface area contributed by atoms with Crippen LogP contribution >= 0.6 is 46.9 Å². The number of piperidine rings is 1. The smallest absolute Gasteiger partial charge is 0.256 e. The summed E-state index contributed by atoms with van der Waals surface area (Å²) in [6, 6.07) is 2.03. The number of hydrogen-bond acceptors (Lipinski definition) is 3. The van der Waals surface area contributed by atoms with Crippen LogP contribution in [0.5, 0.6) is 0 Å². The third kappa shape index (κ3) is 3.52. The normalized spacial score (nSPS) is 19.5. The van der Waals surface area contributed by atoms with E-state index in [4.69, 9.17) is 23.2 Å². The molecule has 1 N–H and O–H groups in total. The van der Waals surface area contributed by atoms with E-state index in [1.807, 2.05) is 11.9 Å². The second kappa shape index (κ2) is 6.96. The van der Waals surface area contributed by atoms with Crippen molar-refractivity contribution in [2.24, 2.45) is 0 Å². The lowest BCUT2D eigenvalue weighted by atomic mass is 10.1. The topological polar surface area (TPSA) is 32.3 Å². The van der Waals surface area contributed by atoms with Gasteiger partial charge in [-0.2, -0.15) is 0 Å². The number of halogens is 3. The predicted octanol–water partition coefficient (Wildman–Crippen LogP) is 3.30. The lowest BCUT2D eigenvalue weighted by molar-refractivity contribution is 0.0699. The number of carbonyl (C=O) groups excluding carboxylic acids is 1. The number of nitrogens with zero attached hydrogens (tertiary/aromatic N) is 1. The highest BCUT2D eigenvalue weighted by Crippen LogP contribution is 2.32. The number of likely N-dealkylation sites (N-methyl/N-ethyl adjacent to an activating group) is 1. The molecule has 1 aliphatic heterocycles. The van der Waals surface area contributed by atoms with E-state index in [0.29, 0.717) is 20.3 Å². The van der Waals surface area contributed by atoms with E-state index in [1.165, 1.54) is 11.3 Å². The van der Waals surface area contributed by atoms with Crippen LogP contribution in [0, 0.1) is 0 Å². The summed E-state index contributed by atoms with van der Waals surface area (Å²) >= 11 is 13.1. The van der Waals surface area contributed by atoms with Crippen LogP contribution in [0.15, 0.2) is 6.07 Å². The molecule has 1 amide bonds. The number of carbonyl (C=O) groups is 1. The maximum Gasteiger partial charge on any atom is 0.256 e. The molecule has 1 unspecified atom stereocenters. The van der Waals surface area contributed by atoms with Crippen LogP contribution in [0.2, 0.25) is 8.67 Å². The Hall–Kier alpha value is -0.000000000000000222. The minimum absolute atomic E-state index is 0. The zero-order valence-electron chi connectivity index (χ0n) is 9.91. The quantitative estimate of drug-likeness (QED) is 0.903. The van der Waals surface area contributed by atoms with E-state index < -0.39 is 0 Å². The maximum atomic E-state index is 12.3. The number of amides is 1. The third-order valence-electron chi connectivity index (χ3n) is 3.00. The van der Waals surface area contributed by atoms with Crippen LogP contribution in [0.25, 0.3) is 0 Å². The zero-order valence-corrected chi connectivity index (χ0v) is 13.1. The molecule has 0 saturated carbocycles. The van der Waals surface area contributed by atoms with E-state index >= 15 is 0 Å². The summed E-state index contributed by atoms with van der Waals surface area (Å²) in [7, 11) is 1.92. The van der Waals surface area contributed by atoms with Crippen LogP contribution in [-0.2, 0) is 0 Å². The lowest BCUT2D eigenvalue weighted by Crippen LogP contribution is -2.46. The Labute approximate surface area is 127 Å². The van der Waals surface area contributed by atoms with Crippen LogP contribution in [0.4, 0.5) is 0 Å². The van der Waals surface area contributed by atoms with Crippen molar-refractivity contribution < 1.29 is 4.79 Å². The molecule has 1 aromatic rings. The summed E-state index contributed by atoms with van der Waals surface area (Å²) in [6.45, 7) is 1.53.